The molecule has 35 heavy (non-hydrogen) atoms. The van der Waals surface area contributed by atoms with Gasteiger partial charge in [-0.2, -0.15) is 13.2 Å². The smallest absolute Gasteiger partial charge is 0.416 e. The normalized spacial score (nSPS) is 14.5. The molecule has 2 aromatic carbocycles. The number of carbonyl (C=O) groups is 2. The third-order valence-electron chi connectivity index (χ3n) is 5.77. The largest absolute Gasteiger partial charge is 0.455 e. The third kappa shape index (κ3) is 6.67. The average Bonchev–Trinajstić information content (AvgIpc) is 2.82. The number of piperidine rings is 1. The van der Waals surface area contributed by atoms with Crippen LogP contribution in [0.2, 0.25) is 0 Å². The van der Waals surface area contributed by atoms with E-state index in [1.807, 2.05) is 0 Å². The topological polar surface area (TPSA) is 93.0 Å². The number of anilines is 1. The van der Waals surface area contributed by atoms with Crippen molar-refractivity contribution < 1.29 is 36.8 Å². The summed E-state index contributed by atoms with van der Waals surface area (Å²) in [5.41, 5.74) is -1.01. The van der Waals surface area contributed by atoms with Gasteiger partial charge in [0, 0.05) is 32.7 Å². The van der Waals surface area contributed by atoms with Crippen LogP contribution >= 0.6 is 0 Å². The van der Waals surface area contributed by atoms with Gasteiger partial charge in [0.25, 0.3) is 11.6 Å². The standard InChI is InChI=1S/C23H23F4N3O5/c1-28(13-15-2-5-18(24)6-3-15)21(31)14-35-22(32)16-8-10-29(11-9-16)19-7-4-17(23(25,26)27)12-20(19)30(33)34/h2-7,12,16H,8-11,13-14H2,1H3. The van der Waals surface area contributed by atoms with Crippen molar-refractivity contribution in [2.45, 2.75) is 25.6 Å². The van der Waals surface area contributed by atoms with Gasteiger partial charge < -0.3 is 14.5 Å². The molecule has 1 amide bonds. The molecular weight excluding hydrogens is 474 g/mol. The SMILES string of the molecule is CN(Cc1ccc(F)cc1)C(=O)COC(=O)C1CCN(c2ccc(C(F)(F)F)cc2[N+](=O)[O-])CC1. The summed E-state index contributed by atoms with van der Waals surface area (Å²) in [5, 5.41) is 11.3. The lowest BCUT2D eigenvalue weighted by Crippen LogP contribution is -2.38. The van der Waals surface area contributed by atoms with Crippen LogP contribution in [0.15, 0.2) is 42.5 Å². The molecule has 8 nitrogen and oxygen atoms in total. The van der Waals surface area contributed by atoms with Crippen molar-refractivity contribution in [3.8, 4) is 0 Å². The Balaban J connectivity index is 1.52. The van der Waals surface area contributed by atoms with Crippen LogP contribution in [0.4, 0.5) is 28.9 Å². The van der Waals surface area contributed by atoms with Gasteiger partial charge in [-0.1, -0.05) is 12.1 Å². The van der Waals surface area contributed by atoms with E-state index in [1.54, 1.807) is 17.0 Å². The molecule has 12 heteroatoms. The Morgan fingerprint density at radius 2 is 1.77 bits per heavy atom. The van der Waals surface area contributed by atoms with Crippen LogP contribution in [0.25, 0.3) is 0 Å². The molecule has 1 saturated heterocycles. The second-order valence-corrected chi connectivity index (χ2v) is 8.20. The Morgan fingerprint density at radius 1 is 1.14 bits per heavy atom. The lowest BCUT2D eigenvalue weighted by atomic mass is 9.96. The summed E-state index contributed by atoms with van der Waals surface area (Å²) >= 11 is 0. The van der Waals surface area contributed by atoms with Crippen LogP contribution in [-0.4, -0.2) is 48.4 Å². The van der Waals surface area contributed by atoms with Crippen LogP contribution in [-0.2, 0) is 27.0 Å². The summed E-state index contributed by atoms with van der Waals surface area (Å²) in [4.78, 5) is 38.0. The fourth-order valence-electron chi connectivity index (χ4n) is 3.78. The molecular formula is C23H23F4N3O5. The van der Waals surface area contributed by atoms with Gasteiger partial charge in [-0.15, -0.1) is 0 Å². The maximum absolute atomic E-state index is 13.0. The van der Waals surface area contributed by atoms with E-state index in [4.69, 9.17) is 4.74 Å². The van der Waals surface area contributed by atoms with Gasteiger partial charge >= 0.3 is 12.1 Å². The number of benzene rings is 2. The Labute approximate surface area is 198 Å². The molecule has 0 aliphatic carbocycles. The molecule has 2 aromatic rings. The molecule has 0 N–H and O–H groups in total. The minimum atomic E-state index is -4.70. The Morgan fingerprint density at radius 3 is 2.34 bits per heavy atom. The van der Waals surface area contributed by atoms with E-state index in [9.17, 15) is 37.3 Å². The lowest BCUT2D eigenvalue weighted by molar-refractivity contribution is -0.384. The van der Waals surface area contributed by atoms with Crippen molar-refractivity contribution in [3.63, 3.8) is 0 Å². The van der Waals surface area contributed by atoms with Gasteiger partial charge in [0.05, 0.1) is 16.4 Å². The van der Waals surface area contributed by atoms with E-state index < -0.39 is 52.6 Å². The zero-order valence-corrected chi connectivity index (χ0v) is 18.8. The fourth-order valence-corrected chi connectivity index (χ4v) is 3.78. The average molecular weight is 497 g/mol. The number of alkyl halides is 3. The molecule has 1 aliphatic rings. The number of rotatable bonds is 7. The predicted molar refractivity (Wildman–Crippen MR) is 117 cm³/mol. The summed E-state index contributed by atoms with van der Waals surface area (Å²) in [6.07, 6.45) is -4.18. The summed E-state index contributed by atoms with van der Waals surface area (Å²) in [6.45, 7) is 0.136. The van der Waals surface area contributed by atoms with Crippen LogP contribution in [0, 0.1) is 21.8 Å². The molecule has 0 bridgehead atoms. The van der Waals surface area contributed by atoms with Gasteiger partial charge in [-0.05, 0) is 42.7 Å². The van der Waals surface area contributed by atoms with Crippen LogP contribution in [0.1, 0.15) is 24.0 Å². The Hall–Kier alpha value is -3.70. The number of hydrogen-bond acceptors (Lipinski definition) is 6. The Kier molecular flexibility index (Phi) is 7.92. The van der Waals surface area contributed by atoms with Gasteiger partial charge in [-0.3, -0.25) is 19.7 Å². The molecule has 188 valence electrons. The molecule has 0 saturated carbocycles. The zero-order chi connectivity index (χ0) is 25.8. The first-order valence-electron chi connectivity index (χ1n) is 10.7. The van der Waals surface area contributed by atoms with E-state index in [2.05, 4.69) is 0 Å². The van der Waals surface area contributed by atoms with Gasteiger partial charge in [0.1, 0.15) is 11.5 Å². The number of ether oxygens (including phenoxy) is 1. The first kappa shape index (κ1) is 25.9. The summed E-state index contributed by atoms with van der Waals surface area (Å²) in [5.74, 6) is -1.97. The summed E-state index contributed by atoms with van der Waals surface area (Å²) < 4.78 is 56.9. The number of halogens is 4. The van der Waals surface area contributed by atoms with E-state index >= 15 is 0 Å². The monoisotopic (exact) mass is 497 g/mol. The molecule has 0 aromatic heterocycles. The number of nitrogens with zero attached hydrogens (tertiary/aromatic N) is 3. The van der Waals surface area contributed by atoms with Crippen molar-refractivity contribution in [2.75, 3.05) is 31.6 Å². The lowest BCUT2D eigenvalue weighted by Gasteiger charge is -2.32. The van der Waals surface area contributed by atoms with Gasteiger partial charge in [0.2, 0.25) is 0 Å². The highest BCUT2D eigenvalue weighted by atomic mass is 19.4. The van der Waals surface area contributed by atoms with Gasteiger partial charge in [0.15, 0.2) is 6.61 Å². The van der Waals surface area contributed by atoms with E-state index in [0.717, 1.165) is 12.1 Å². The van der Waals surface area contributed by atoms with Crippen molar-refractivity contribution in [3.05, 3.63) is 69.5 Å². The van der Waals surface area contributed by atoms with Gasteiger partial charge in [-0.25, -0.2) is 4.39 Å². The summed E-state index contributed by atoms with van der Waals surface area (Å²) in [7, 11) is 1.52. The number of nitro groups is 1. The molecule has 1 aliphatic heterocycles. The number of nitro benzene ring substituents is 1. The number of amides is 1. The maximum atomic E-state index is 13.0. The fraction of sp³-hybridized carbons (Fsp3) is 0.391. The molecule has 0 radical (unpaired) electrons. The van der Waals surface area contributed by atoms with E-state index in [-0.39, 0.29) is 38.2 Å². The van der Waals surface area contributed by atoms with Crippen molar-refractivity contribution >= 4 is 23.3 Å². The van der Waals surface area contributed by atoms with Crippen LogP contribution in [0.3, 0.4) is 0 Å². The van der Waals surface area contributed by atoms with E-state index in [1.165, 1.54) is 24.1 Å². The quantitative estimate of drug-likeness (QED) is 0.247. The maximum Gasteiger partial charge on any atom is 0.416 e. The molecule has 0 spiro atoms. The highest BCUT2D eigenvalue weighted by Crippen LogP contribution is 2.37. The second-order valence-electron chi connectivity index (χ2n) is 8.20. The Bertz CT molecular complexity index is 1080. The zero-order valence-electron chi connectivity index (χ0n) is 18.8. The number of likely N-dealkylation sites (N-methyl/N-ethyl adjacent to an activating group) is 1. The highest BCUT2D eigenvalue weighted by molar-refractivity contribution is 5.81. The van der Waals surface area contributed by atoms with E-state index in [0.29, 0.717) is 11.6 Å². The minimum Gasteiger partial charge on any atom is -0.455 e. The molecule has 0 unspecified atom stereocenters. The second kappa shape index (κ2) is 10.7. The van der Waals surface area contributed by atoms with Crippen molar-refractivity contribution in [1.82, 2.24) is 4.90 Å². The highest BCUT2D eigenvalue weighted by Gasteiger charge is 2.35. The number of esters is 1. The van der Waals surface area contributed by atoms with Crippen LogP contribution < -0.4 is 4.90 Å². The minimum absolute atomic E-state index is 0.0485. The predicted octanol–water partition coefficient (Wildman–Crippen LogP) is 4.17. The number of hydrogen-bond donors (Lipinski definition) is 0. The molecule has 1 heterocycles. The first-order valence-corrected chi connectivity index (χ1v) is 10.7. The van der Waals surface area contributed by atoms with Crippen molar-refractivity contribution in [1.29, 1.82) is 0 Å². The third-order valence-corrected chi connectivity index (χ3v) is 5.77. The molecule has 3 rings (SSSR count). The number of carbonyl (C=O) groups excluding carboxylic acids is 2. The molecule has 0 atom stereocenters. The van der Waals surface area contributed by atoms with Crippen molar-refractivity contribution in [2.24, 2.45) is 5.92 Å². The summed E-state index contributed by atoms with van der Waals surface area (Å²) in [6, 6.07) is 7.99. The first-order chi connectivity index (χ1) is 16.5. The van der Waals surface area contributed by atoms with Crippen LogP contribution in [0.5, 0.6) is 0 Å². The molecule has 1 fully saturated rings.